The predicted octanol–water partition coefficient (Wildman–Crippen LogP) is 2.61. The van der Waals surface area contributed by atoms with Crippen molar-refractivity contribution >= 4 is 5.69 Å². The molecule has 0 amide bonds. The number of benzene rings is 1. The van der Waals surface area contributed by atoms with Gasteiger partial charge in [-0.25, -0.2) is 0 Å². The zero-order chi connectivity index (χ0) is 11.3. The smallest absolute Gasteiger partial charge is 0.311 e. The molecule has 4 nitrogen and oxygen atoms in total. The molecule has 80 valence electrons. The van der Waals surface area contributed by atoms with Crippen LogP contribution < -0.4 is 0 Å². The van der Waals surface area contributed by atoms with Gasteiger partial charge in [0.15, 0.2) is 5.75 Å². The second-order valence-electron chi connectivity index (χ2n) is 4.05. The number of nitro benzene ring substituents is 1. The molecule has 0 fully saturated rings. The van der Waals surface area contributed by atoms with E-state index in [1.807, 2.05) is 18.2 Å². The van der Waals surface area contributed by atoms with E-state index in [1.54, 1.807) is 0 Å². The summed E-state index contributed by atoms with van der Waals surface area (Å²) >= 11 is 0. The van der Waals surface area contributed by atoms with Crippen LogP contribution in [-0.4, -0.2) is 10.0 Å². The summed E-state index contributed by atoms with van der Waals surface area (Å²) in [5.74, 6) is 0.260. The Bertz CT molecular complexity index is 545. The molecule has 1 N–H and O–H groups in total. The van der Waals surface area contributed by atoms with Crippen molar-refractivity contribution in [2.24, 2.45) is 0 Å². The number of aromatic hydroxyl groups is 1. The second kappa shape index (κ2) is 2.95. The first-order chi connectivity index (χ1) is 7.68. The van der Waals surface area contributed by atoms with E-state index in [9.17, 15) is 15.2 Å². The summed E-state index contributed by atoms with van der Waals surface area (Å²) in [6.07, 6.45) is 8.00. The zero-order valence-electron chi connectivity index (χ0n) is 8.33. The van der Waals surface area contributed by atoms with Crippen LogP contribution in [0.5, 0.6) is 5.75 Å². The highest BCUT2D eigenvalue weighted by atomic mass is 16.6. The van der Waals surface area contributed by atoms with Gasteiger partial charge in [0, 0.05) is 17.9 Å². The Labute approximate surface area is 91.7 Å². The average molecular weight is 215 g/mol. The van der Waals surface area contributed by atoms with Gasteiger partial charge < -0.3 is 5.11 Å². The van der Waals surface area contributed by atoms with Crippen LogP contribution in [0.4, 0.5) is 5.69 Å². The third-order valence-corrected chi connectivity index (χ3v) is 3.23. The number of nitrogens with zero attached hydrogens (tertiary/aromatic N) is 1. The van der Waals surface area contributed by atoms with Crippen LogP contribution in [-0.2, 0) is 0 Å². The highest BCUT2D eigenvalue weighted by Crippen LogP contribution is 2.52. The Hall–Kier alpha value is -2.10. The van der Waals surface area contributed by atoms with Crippen LogP contribution in [0.15, 0.2) is 36.4 Å². The summed E-state index contributed by atoms with van der Waals surface area (Å²) < 4.78 is 0. The molecule has 2 aliphatic rings. The van der Waals surface area contributed by atoms with Crippen molar-refractivity contribution in [3.63, 3.8) is 0 Å². The first kappa shape index (κ1) is 9.15. The minimum Gasteiger partial charge on any atom is -0.502 e. The standard InChI is InChI=1S/C12H9NO3/c14-12-6-10-8-4-2-1-3-7(8)9(10)5-11(12)13(15)16/h1-8,14H/t7-,8?/m1/s1. The van der Waals surface area contributed by atoms with Crippen LogP contribution in [0, 0.1) is 10.1 Å². The lowest BCUT2D eigenvalue weighted by Crippen LogP contribution is -2.22. The fourth-order valence-corrected chi connectivity index (χ4v) is 2.44. The predicted molar refractivity (Wildman–Crippen MR) is 58.5 cm³/mol. The summed E-state index contributed by atoms with van der Waals surface area (Å²) in [6.45, 7) is 0. The van der Waals surface area contributed by atoms with Crippen molar-refractivity contribution < 1.29 is 10.0 Å². The first-order valence-corrected chi connectivity index (χ1v) is 5.04. The van der Waals surface area contributed by atoms with Crippen molar-refractivity contribution in [1.82, 2.24) is 0 Å². The van der Waals surface area contributed by atoms with E-state index in [4.69, 9.17) is 0 Å². The monoisotopic (exact) mass is 215 g/mol. The van der Waals surface area contributed by atoms with Gasteiger partial charge in [-0.2, -0.15) is 0 Å². The Balaban J connectivity index is 2.14. The Morgan fingerprint density at radius 2 is 1.69 bits per heavy atom. The van der Waals surface area contributed by atoms with Crippen molar-refractivity contribution in [2.45, 2.75) is 11.8 Å². The van der Waals surface area contributed by atoms with Crippen molar-refractivity contribution in [1.29, 1.82) is 0 Å². The minimum absolute atomic E-state index is 0.208. The SMILES string of the molecule is O=[N+]([O-])c1cc2c(cc1O)C1C=CC=C[C@@H]21. The van der Waals surface area contributed by atoms with Gasteiger partial charge in [0.05, 0.1) is 4.92 Å². The number of rotatable bonds is 1. The normalized spacial score (nSPS) is 24.5. The first-order valence-electron chi connectivity index (χ1n) is 5.04. The molecule has 4 heteroatoms. The van der Waals surface area contributed by atoms with Gasteiger partial charge in [0.2, 0.25) is 0 Å². The summed E-state index contributed by atoms with van der Waals surface area (Å²) in [5.41, 5.74) is 1.74. The van der Waals surface area contributed by atoms with Crippen molar-refractivity contribution in [2.75, 3.05) is 0 Å². The number of phenolic OH excluding ortho intramolecular Hbond substituents is 1. The molecule has 0 aliphatic heterocycles. The number of phenols is 1. The topological polar surface area (TPSA) is 63.4 Å². The minimum atomic E-state index is -0.550. The summed E-state index contributed by atoms with van der Waals surface area (Å²) in [4.78, 5) is 10.1. The van der Waals surface area contributed by atoms with Crippen LogP contribution in [0.2, 0.25) is 0 Å². The number of allylic oxidation sites excluding steroid dienone is 4. The molecule has 0 saturated heterocycles. The second-order valence-corrected chi connectivity index (χ2v) is 4.05. The molecule has 0 bridgehead atoms. The molecular weight excluding hydrogens is 206 g/mol. The van der Waals surface area contributed by atoms with E-state index >= 15 is 0 Å². The number of fused-ring (bicyclic) bond motifs is 4. The molecule has 1 unspecified atom stereocenters. The van der Waals surface area contributed by atoms with Gasteiger partial charge in [-0.3, -0.25) is 10.1 Å². The molecule has 0 aromatic heterocycles. The largest absolute Gasteiger partial charge is 0.502 e. The summed E-state index contributed by atoms with van der Waals surface area (Å²) in [5, 5.41) is 20.2. The molecule has 3 rings (SSSR count). The molecule has 0 radical (unpaired) electrons. The zero-order valence-corrected chi connectivity index (χ0v) is 8.33. The van der Waals surface area contributed by atoms with Gasteiger partial charge >= 0.3 is 5.69 Å². The molecular formula is C12H9NO3. The van der Waals surface area contributed by atoms with E-state index in [0.29, 0.717) is 0 Å². The van der Waals surface area contributed by atoms with E-state index in [-0.39, 0.29) is 23.3 Å². The third-order valence-electron chi connectivity index (χ3n) is 3.23. The van der Waals surface area contributed by atoms with Crippen LogP contribution in [0.25, 0.3) is 0 Å². The third kappa shape index (κ3) is 1.04. The van der Waals surface area contributed by atoms with Gasteiger partial charge in [0.25, 0.3) is 0 Å². The maximum Gasteiger partial charge on any atom is 0.311 e. The van der Waals surface area contributed by atoms with Gasteiger partial charge in [-0.05, 0) is 17.2 Å². The van der Waals surface area contributed by atoms with E-state index < -0.39 is 4.92 Å². The lowest BCUT2D eigenvalue weighted by Gasteiger charge is -2.37. The van der Waals surface area contributed by atoms with E-state index in [2.05, 4.69) is 6.08 Å². The highest BCUT2D eigenvalue weighted by molar-refractivity contribution is 5.61. The molecule has 0 saturated carbocycles. The van der Waals surface area contributed by atoms with Gasteiger partial charge in [-0.15, -0.1) is 0 Å². The number of hydrogen-bond acceptors (Lipinski definition) is 3. The molecule has 1 aromatic carbocycles. The Morgan fingerprint density at radius 3 is 2.25 bits per heavy atom. The van der Waals surface area contributed by atoms with Crippen molar-refractivity contribution in [3.8, 4) is 5.75 Å². The van der Waals surface area contributed by atoms with E-state index in [1.165, 1.54) is 12.1 Å². The molecule has 1 aromatic rings. The van der Waals surface area contributed by atoms with Crippen LogP contribution in [0.3, 0.4) is 0 Å². The van der Waals surface area contributed by atoms with Crippen LogP contribution >= 0.6 is 0 Å². The molecule has 16 heavy (non-hydrogen) atoms. The lowest BCUT2D eigenvalue weighted by molar-refractivity contribution is -0.386. The highest BCUT2D eigenvalue weighted by Gasteiger charge is 2.37. The molecule has 2 atom stereocenters. The van der Waals surface area contributed by atoms with E-state index in [0.717, 1.165) is 11.1 Å². The fourth-order valence-electron chi connectivity index (χ4n) is 2.44. The van der Waals surface area contributed by atoms with Gasteiger partial charge in [0.1, 0.15) is 0 Å². The number of hydrogen-bond donors (Lipinski definition) is 1. The lowest BCUT2D eigenvalue weighted by atomic mass is 9.66. The quantitative estimate of drug-likeness (QED) is 0.578. The summed E-state index contributed by atoms with van der Waals surface area (Å²) in [7, 11) is 0. The Morgan fingerprint density at radius 1 is 1.12 bits per heavy atom. The van der Waals surface area contributed by atoms with Gasteiger partial charge in [-0.1, -0.05) is 24.3 Å². The maximum absolute atomic E-state index is 10.7. The average Bonchev–Trinajstić information content (AvgIpc) is 2.26. The molecule has 0 heterocycles. The van der Waals surface area contributed by atoms with Crippen LogP contribution in [0.1, 0.15) is 23.0 Å². The number of nitro groups is 1. The van der Waals surface area contributed by atoms with Crippen molar-refractivity contribution in [3.05, 3.63) is 57.7 Å². The Kier molecular flexibility index (Phi) is 1.68. The fraction of sp³-hybridized carbons (Fsp3) is 0.167. The summed E-state index contributed by atoms with van der Waals surface area (Å²) in [6, 6.07) is 2.99. The molecule has 0 spiro atoms. The molecule has 2 aliphatic carbocycles. The maximum atomic E-state index is 10.7.